The van der Waals surface area contributed by atoms with E-state index in [1.54, 1.807) is 11.3 Å². The second kappa shape index (κ2) is 5.45. The van der Waals surface area contributed by atoms with Crippen molar-refractivity contribution in [1.29, 1.82) is 0 Å². The van der Waals surface area contributed by atoms with Gasteiger partial charge in [-0.3, -0.25) is 0 Å². The van der Waals surface area contributed by atoms with Gasteiger partial charge in [0.2, 0.25) is 0 Å². The molecule has 2 aromatic heterocycles. The smallest absolute Gasteiger partial charge is 0.0303 e. The standard InChI is InChI=1S/C12H14BrNS2/c1-8-3-10(9(2)16-8)5-14-6-12-4-11(13)7-15-12/h3-4,7,14H,5-6H2,1-2H3. The molecule has 4 heteroatoms. The van der Waals surface area contributed by atoms with Crippen LogP contribution in [0.2, 0.25) is 0 Å². The van der Waals surface area contributed by atoms with Gasteiger partial charge in [-0.25, -0.2) is 0 Å². The Balaban J connectivity index is 1.86. The summed E-state index contributed by atoms with van der Waals surface area (Å²) >= 11 is 7.13. The molecule has 0 amide bonds. The van der Waals surface area contributed by atoms with Crippen molar-refractivity contribution >= 4 is 38.6 Å². The number of halogens is 1. The van der Waals surface area contributed by atoms with Crippen LogP contribution in [0.5, 0.6) is 0 Å². The van der Waals surface area contributed by atoms with E-state index in [1.807, 2.05) is 11.3 Å². The number of rotatable bonds is 4. The van der Waals surface area contributed by atoms with Gasteiger partial charge in [-0.15, -0.1) is 22.7 Å². The van der Waals surface area contributed by atoms with Crippen LogP contribution in [0.1, 0.15) is 20.2 Å². The number of hydrogen-bond acceptors (Lipinski definition) is 3. The van der Waals surface area contributed by atoms with Crippen molar-refractivity contribution in [1.82, 2.24) is 5.32 Å². The average Bonchev–Trinajstić information content (AvgIpc) is 2.74. The first-order chi connectivity index (χ1) is 7.65. The summed E-state index contributed by atoms with van der Waals surface area (Å²) in [6, 6.07) is 4.45. The van der Waals surface area contributed by atoms with Gasteiger partial charge in [0, 0.05) is 37.6 Å². The molecule has 2 rings (SSSR count). The molecule has 0 bridgehead atoms. The van der Waals surface area contributed by atoms with Crippen molar-refractivity contribution < 1.29 is 0 Å². The Morgan fingerprint density at radius 3 is 2.62 bits per heavy atom. The third-order valence-corrected chi connectivity index (χ3v) is 5.09. The van der Waals surface area contributed by atoms with Gasteiger partial charge in [0.1, 0.15) is 0 Å². The minimum Gasteiger partial charge on any atom is -0.308 e. The molecule has 0 spiro atoms. The lowest BCUT2D eigenvalue weighted by atomic mass is 10.2. The molecule has 0 aliphatic rings. The first-order valence-corrected chi connectivity index (χ1v) is 7.63. The molecule has 2 heterocycles. The average molecular weight is 316 g/mol. The number of aryl methyl sites for hydroxylation is 2. The summed E-state index contributed by atoms with van der Waals surface area (Å²) in [6.07, 6.45) is 0. The monoisotopic (exact) mass is 315 g/mol. The van der Waals surface area contributed by atoms with E-state index >= 15 is 0 Å². The summed E-state index contributed by atoms with van der Waals surface area (Å²) in [5.74, 6) is 0. The first-order valence-electron chi connectivity index (χ1n) is 5.14. The van der Waals surface area contributed by atoms with Crippen LogP contribution >= 0.6 is 38.6 Å². The highest BCUT2D eigenvalue weighted by Crippen LogP contribution is 2.21. The fourth-order valence-corrected chi connectivity index (χ4v) is 3.99. The van der Waals surface area contributed by atoms with E-state index in [0.29, 0.717) is 0 Å². The highest BCUT2D eigenvalue weighted by atomic mass is 79.9. The predicted molar refractivity (Wildman–Crippen MR) is 76.4 cm³/mol. The van der Waals surface area contributed by atoms with Crippen LogP contribution in [0.15, 0.2) is 22.0 Å². The molecule has 0 atom stereocenters. The van der Waals surface area contributed by atoms with Gasteiger partial charge in [0.25, 0.3) is 0 Å². The number of nitrogens with one attached hydrogen (secondary N) is 1. The lowest BCUT2D eigenvalue weighted by molar-refractivity contribution is 0.700. The summed E-state index contributed by atoms with van der Waals surface area (Å²) in [7, 11) is 0. The Bertz CT molecular complexity index is 473. The van der Waals surface area contributed by atoms with Crippen molar-refractivity contribution in [3.05, 3.63) is 42.2 Å². The Kier molecular flexibility index (Phi) is 4.19. The van der Waals surface area contributed by atoms with Crippen LogP contribution in [0.3, 0.4) is 0 Å². The minimum absolute atomic E-state index is 0.949. The van der Waals surface area contributed by atoms with Gasteiger partial charge in [0.15, 0.2) is 0 Å². The zero-order valence-electron chi connectivity index (χ0n) is 9.34. The van der Waals surface area contributed by atoms with E-state index in [9.17, 15) is 0 Å². The molecule has 1 nitrogen and oxygen atoms in total. The van der Waals surface area contributed by atoms with E-state index in [1.165, 1.54) is 24.7 Å². The molecular formula is C12H14BrNS2. The van der Waals surface area contributed by atoms with Crippen molar-refractivity contribution in [3.63, 3.8) is 0 Å². The van der Waals surface area contributed by atoms with Gasteiger partial charge in [-0.2, -0.15) is 0 Å². The molecule has 16 heavy (non-hydrogen) atoms. The highest BCUT2D eigenvalue weighted by molar-refractivity contribution is 9.10. The SMILES string of the molecule is Cc1cc(CNCc2cc(Br)cs2)c(C)s1. The lowest BCUT2D eigenvalue weighted by Gasteiger charge is -2.02. The zero-order chi connectivity index (χ0) is 11.5. The third kappa shape index (κ3) is 3.17. The first kappa shape index (κ1) is 12.3. The van der Waals surface area contributed by atoms with Crippen LogP contribution in [0.4, 0.5) is 0 Å². The molecule has 0 saturated heterocycles. The largest absolute Gasteiger partial charge is 0.308 e. The van der Waals surface area contributed by atoms with Gasteiger partial charge in [-0.1, -0.05) is 0 Å². The van der Waals surface area contributed by atoms with Crippen molar-refractivity contribution in [2.45, 2.75) is 26.9 Å². The van der Waals surface area contributed by atoms with Crippen molar-refractivity contribution in [2.75, 3.05) is 0 Å². The van der Waals surface area contributed by atoms with Gasteiger partial charge < -0.3 is 5.32 Å². The summed E-state index contributed by atoms with van der Waals surface area (Å²) < 4.78 is 1.18. The molecule has 2 aromatic rings. The highest BCUT2D eigenvalue weighted by Gasteiger charge is 2.02. The Morgan fingerprint density at radius 2 is 2.06 bits per heavy atom. The van der Waals surface area contributed by atoms with Crippen LogP contribution in [0, 0.1) is 13.8 Å². The molecule has 0 saturated carbocycles. The van der Waals surface area contributed by atoms with E-state index < -0.39 is 0 Å². The lowest BCUT2D eigenvalue weighted by Crippen LogP contribution is -2.11. The second-order valence-corrected chi connectivity index (χ2v) is 7.15. The third-order valence-electron chi connectivity index (χ3n) is 2.38. The fourth-order valence-electron chi connectivity index (χ4n) is 1.63. The quantitative estimate of drug-likeness (QED) is 0.877. The Morgan fingerprint density at radius 1 is 1.25 bits per heavy atom. The predicted octanol–water partition coefficient (Wildman–Crippen LogP) is 4.48. The second-order valence-electron chi connectivity index (χ2n) is 3.77. The maximum atomic E-state index is 3.48. The topological polar surface area (TPSA) is 12.0 Å². The van der Waals surface area contributed by atoms with Gasteiger partial charge in [0.05, 0.1) is 0 Å². The van der Waals surface area contributed by atoms with E-state index in [2.05, 4.69) is 52.6 Å². The maximum absolute atomic E-state index is 3.48. The summed E-state index contributed by atoms with van der Waals surface area (Å²) in [5, 5.41) is 5.60. The van der Waals surface area contributed by atoms with Crippen LogP contribution < -0.4 is 5.32 Å². The normalized spacial score (nSPS) is 10.9. The maximum Gasteiger partial charge on any atom is 0.0303 e. The molecule has 1 N–H and O–H groups in total. The minimum atomic E-state index is 0.949. The van der Waals surface area contributed by atoms with Crippen LogP contribution in [-0.2, 0) is 13.1 Å². The van der Waals surface area contributed by atoms with Crippen LogP contribution in [0.25, 0.3) is 0 Å². The number of thiophene rings is 2. The number of hydrogen-bond donors (Lipinski definition) is 1. The summed E-state index contributed by atoms with van der Waals surface area (Å²) in [4.78, 5) is 4.20. The Hall–Kier alpha value is -0.160. The van der Waals surface area contributed by atoms with E-state index in [-0.39, 0.29) is 0 Å². The molecule has 0 aromatic carbocycles. The molecule has 0 unspecified atom stereocenters. The molecule has 0 aliphatic carbocycles. The molecule has 0 radical (unpaired) electrons. The van der Waals surface area contributed by atoms with Crippen LogP contribution in [-0.4, -0.2) is 0 Å². The van der Waals surface area contributed by atoms with E-state index in [4.69, 9.17) is 0 Å². The molecular weight excluding hydrogens is 302 g/mol. The summed E-state index contributed by atoms with van der Waals surface area (Å²) in [6.45, 7) is 6.27. The van der Waals surface area contributed by atoms with Crippen molar-refractivity contribution in [2.24, 2.45) is 0 Å². The molecule has 86 valence electrons. The Labute approximate surface area is 113 Å². The molecule has 0 aliphatic heterocycles. The molecule has 0 fully saturated rings. The summed E-state index contributed by atoms with van der Waals surface area (Å²) in [5.41, 5.74) is 1.43. The fraction of sp³-hybridized carbons (Fsp3) is 0.333. The van der Waals surface area contributed by atoms with E-state index in [0.717, 1.165) is 13.1 Å². The zero-order valence-corrected chi connectivity index (χ0v) is 12.6. The van der Waals surface area contributed by atoms with Gasteiger partial charge in [-0.05, 0) is 47.5 Å². The van der Waals surface area contributed by atoms with Gasteiger partial charge >= 0.3 is 0 Å². The van der Waals surface area contributed by atoms with Crippen molar-refractivity contribution in [3.8, 4) is 0 Å².